The van der Waals surface area contributed by atoms with Gasteiger partial charge >= 0.3 is 0 Å². The molecule has 1 amide bonds. The summed E-state index contributed by atoms with van der Waals surface area (Å²) >= 11 is 0. The molecule has 0 saturated carbocycles. The third kappa shape index (κ3) is 2.49. The summed E-state index contributed by atoms with van der Waals surface area (Å²) in [4.78, 5) is 26.9. The predicted molar refractivity (Wildman–Crippen MR) is 83.4 cm³/mol. The van der Waals surface area contributed by atoms with E-state index in [4.69, 9.17) is 0 Å². The molecule has 3 rings (SSSR count). The van der Waals surface area contributed by atoms with Crippen molar-refractivity contribution >= 4 is 16.8 Å². The molecular weight excluding hydrogens is 280 g/mol. The maximum Gasteiger partial charge on any atom is 0.278 e. The molecule has 0 unspecified atom stereocenters. The highest BCUT2D eigenvalue weighted by molar-refractivity contribution is 5.79. The van der Waals surface area contributed by atoms with E-state index in [1.54, 1.807) is 18.2 Å². The zero-order valence-electron chi connectivity index (χ0n) is 12.9. The topological polar surface area (TPSA) is 68.1 Å². The molecule has 6 nitrogen and oxygen atoms in total. The molecule has 1 aliphatic heterocycles. The summed E-state index contributed by atoms with van der Waals surface area (Å²) in [6.45, 7) is 4.10. The molecule has 0 spiro atoms. The van der Waals surface area contributed by atoms with Crippen molar-refractivity contribution in [3.8, 4) is 0 Å². The third-order valence-electron chi connectivity index (χ3n) is 4.46. The second kappa shape index (κ2) is 5.87. The number of likely N-dealkylation sites (tertiary alicyclic amines) is 1. The summed E-state index contributed by atoms with van der Waals surface area (Å²) < 4.78 is 1.17. The van der Waals surface area contributed by atoms with E-state index in [1.165, 1.54) is 4.68 Å². The first-order valence-corrected chi connectivity index (χ1v) is 7.75. The Bertz CT molecular complexity index is 755. The highest BCUT2D eigenvalue weighted by Crippen LogP contribution is 2.26. The highest BCUT2D eigenvalue weighted by Gasteiger charge is 2.33. The summed E-state index contributed by atoms with van der Waals surface area (Å²) in [6.07, 6.45) is 2.98. The van der Waals surface area contributed by atoms with Gasteiger partial charge in [-0.2, -0.15) is 0 Å². The number of amides is 1. The summed E-state index contributed by atoms with van der Waals surface area (Å²) in [6, 6.07) is 7.54. The summed E-state index contributed by atoms with van der Waals surface area (Å²) in [7, 11) is 0. The van der Waals surface area contributed by atoms with E-state index in [1.807, 2.05) is 11.0 Å². The second-order valence-corrected chi connectivity index (χ2v) is 5.86. The first-order chi connectivity index (χ1) is 10.6. The van der Waals surface area contributed by atoms with Crippen LogP contribution in [0.3, 0.4) is 0 Å². The average Bonchev–Trinajstić information content (AvgIpc) is 2.91. The van der Waals surface area contributed by atoms with E-state index in [9.17, 15) is 9.59 Å². The number of nitrogens with zero attached hydrogens (tertiary/aromatic N) is 4. The lowest BCUT2D eigenvalue weighted by Crippen LogP contribution is -2.43. The molecule has 1 fully saturated rings. The third-order valence-corrected chi connectivity index (χ3v) is 4.46. The number of carbonyl (C=O) groups is 1. The smallest absolute Gasteiger partial charge is 0.278 e. The maximum absolute atomic E-state index is 12.6. The SMILES string of the molecule is CC[C@@H]1CC[C@@H](C)N1C(=O)Cn1nnc2ccccc2c1=O. The zero-order valence-corrected chi connectivity index (χ0v) is 12.9. The largest absolute Gasteiger partial charge is 0.335 e. The van der Waals surface area contributed by atoms with E-state index in [-0.39, 0.29) is 30.1 Å². The molecule has 2 atom stereocenters. The fraction of sp³-hybridized carbons (Fsp3) is 0.500. The Morgan fingerprint density at radius 3 is 2.86 bits per heavy atom. The van der Waals surface area contributed by atoms with Gasteiger partial charge in [-0.25, -0.2) is 4.68 Å². The molecule has 1 aliphatic rings. The van der Waals surface area contributed by atoms with Crippen LogP contribution < -0.4 is 5.56 Å². The lowest BCUT2D eigenvalue weighted by molar-refractivity contribution is -0.134. The number of hydrogen-bond donors (Lipinski definition) is 0. The van der Waals surface area contributed by atoms with Crippen LogP contribution in [0.5, 0.6) is 0 Å². The lowest BCUT2D eigenvalue weighted by atomic mass is 10.1. The number of aromatic nitrogens is 3. The van der Waals surface area contributed by atoms with Gasteiger partial charge in [-0.1, -0.05) is 24.3 Å². The molecule has 2 heterocycles. The molecule has 1 aromatic carbocycles. The Morgan fingerprint density at radius 1 is 1.32 bits per heavy atom. The van der Waals surface area contributed by atoms with Gasteiger partial charge in [-0.05, 0) is 38.3 Å². The van der Waals surface area contributed by atoms with Gasteiger partial charge < -0.3 is 4.90 Å². The number of hydrogen-bond acceptors (Lipinski definition) is 4. The van der Waals surface area contributed by atoms with E-state index in [2.05, 4.69) is 24.2 Å². The number of benzene rings is 1. The van der Waals surface area contributed by atoms with Gasteiger partial charge in [0.15, 0.2) is 0 Å². The average molecular weight is 300 g/mol. The molecule has 116 valence electrons. The van der Waals surface area contributed by atoms with Crippen molar-refractivity contribution in [2.24, 2.45) is 0 Å². The second-order valence-electron chi connectivity index (χ2n) is 5.86. The number of fused-ring (bicyclic) bond motifs is 1. The van der Waals surface area contributed by atoms with Crippen molar-refractivity contribution in [1.82, 2.24) is 19.9 Å². The molecular formula is C16H20N4O2. The Morgan fingerprint density at radius 2 is 2.09 bits per heavy atom. The minimum Gasteiger partial charge on any atom is -0.335 e. The van der Waals surface area contributed by atoms with Gasteiger partial charge in [0, 0.05) is 12.1 Å². The van der Waals surface area contributed by atoms with Gasteiger partial charge in [0.1, 0.15) is 12.1 Å². The van der Waals surface area contributed by atoms with Crippen molar-refractivity contribution in [1.29, 1.82) is 0 Å². The van der Waals surface area contributed by atoms with Crippen LogP contribution in [0.2, 0.25) is 0 Å². The standard InChI is InChI=1S/C16H20N4O2/c1-3-12-9-8-11(2)20(12)15(21)10-19-16(22)13-6-4-5-7-14(13)17-18-19/h4-7,11-12H,3,8-10H2,1-2H3/t11-,12-/m1/s1. The normalized spacial score (nSPS) is 21.5. The fourth-order valence-electron chi connectivity index (χ4n) is 3.26. The summed E-state index contributed by atoms with van der Waals surface area (Å²) in [5, 5.41) is 8.41. The van der Waals surface area contributed by atoms with Crippen LogP contribution in [0.15, 0.2) is 29.1 Å². The van der Waals surface area contributed by atoms with Crippen molar-refractivity contribution < 1.29 is 4.79 Å². The molecule has 0 bridgehead atoms. The minimum atomic E-state index is -0.265. The van der Waals surface area contributed by atoms with Crippen molar-refractivity contribution in [3.05, 3.63) is 34.6 Å². The first kappa shape index (κ1) is 14.7. The molecule has 0 N–H and O–H groups in total. The van der Waals surface area contributed by atoms with Crippen LogP contribution in [0, 0.1) is 0 Å². The van der Waals surface area contributed by atoms with Crippen LogP contribution in [-0.2, 0) is 11.3 Å². The van der Waals surface area contributed by atoms with E-state index < -0.39 is 0 Å². The van der Waals surface area contributed by atoms with Crippen LogP contribution in [-0.4, -0.2) is 37.9 Å². The molecule has 1 aromatic heterocycles. The van der Waals surface area contributed by atoms with Gasteiger partial charge in [-0.3, -0.25) is 9.59 Å². The summed E-state index contributed by atoms with van der Waals surface area (Å²) in [5.74, 6) is -0.0523. The van der Waals surface area contributed by atoms with Crippen molar-refractivity contribution in [2.45, 2.75) is 51.7 Å². The molecule has 6 heteroatoms. The van der Waals surface area contributed by atoms with E-state index in [0.29, 0.717) is 10.9 Å². The maximum atomic E-state index is 12.6. The van der Waals surface area contributed by atoms with Gasteiger partial charge in [0.25, 0.3) is 5.56 Å². The van der Waals surface area contributed by atoms with Crippen LogP contribution in [0.25, 0.3) is 10.9 Å². The van der Waals surface area contributed by atoms with Crippen LogP contribution in [0.1, 0.15) is 33.1 Å². The van der Waals surface area contributed by atoms with Crippen molar-refractivity contribution in [3.63, 3.8) is 0 Å². The zero-order chi connectivity index (χ0) is 15.7. The quantitative estimate of drug-likeness (QED) is 0.863. The number of carbonyl (C=O) groups excluding carboxylic acids is 1. The Hall–Kier alpha value is -2.24. The Balaban J connectivity index is 1.88. The highest BCUT2D eigenvalue weighted by atomic mass is 16.2. The monoisotopic (exact) mass is 300 g/mol. The molecule has 22 heavy (non-hydrogen) atoms. The molecule has 0 aliphatic carbocycles. The molecule has 1 saturated heterocycles. The predicted octanol–water partition coefficient (Wildman–Crippen LogP) is 1.58. The summed E-state index contributed by atoms with van der Waals surface area (Å²) in [5.41, 5.74) is 0.288. The fourth-order valence-corrected chi connectivity index (χ4v) is 3.26. The number of rotatable bonds is 3. The molecule has 2 aromatic rings. The van der Waals surface area contributed by atoms with Crippen molar-refractivity contribution in [2.75, 3.05) is 0 Å². The Labute approximate surface area is 128 Å². The minimum absolute atomic E-state index is 0.0441. The van der Waals surface area contributed by atoms with E-state index >= 15 is 0 Å². The lowest BCUT2D eigenvalue weighted by Gasteiger charge is -2.28. The van der Waals surface area contributed by atoms with Gasteiger partial charge in [-0.15, -0.1) is 5.10 Å². The van der Waals surface area contributed by atoms with Crippen LogP contribution in [0.4, 0.5) is 0 Å². The first-order valence-electron chi connectivity index (χ1n) is 7.75. The van der Waals surface area contributed by atoms with Gasteiger partial charge in [0.2, 0.25) is 5.91 Å². The molecule has 0 radical (unpaired) electrons. The Kier molecular flexibility index (Phi) is 3.92. The van der Waals surface area contributed by atoms with Gasteiger partial charge in [0.05, 0.1) is 5.39 Å². The van der Waals surface area contributed by atoms with E-state index in [0.717, 1.165) is 19.3 Å². The van der Waals surface area contributed by atoms with Crippen LogP contribution >= 0.6 is 0 Å².